The van der Waals surface area contributed by atoms with Crippen LogP contribution in [0.15, 0.2) is 60.7 Å². The quantitative estimate of drug-likeness (QED) is 0.0346. The maximum atomic E-state index is 14.8. The lowest BCUT2D eigenvalue weighted by Gasteiger charge is -2.38. The molecule has 2 aromatic rings. The predicted octanol–water partition coefficient (Wildman–Crippen LogP) is -1.91. The molecular formula is C83H129N17O20. The number of nitrogens with two attached hydrogens (primary N) is 1. The van der Waals surface area contributed by atoms with Crippen molar-refractivity contribution in [1.29, 1.82) is 0 Å². The zero-order valence-electron chi connectivity index (χ0n) is 72.8. The summed E-state index contributed by atoms with van der Waals surface area (Å²) in [6.07, 6.45) is -3.20. The van der Waals surface area contributed by atoms with Gasteiger partial charge in [0, 0.05) is 52.2 Å². The summed E-state index contributed by atoms with van der Waals surface area (Å²) in [6, 6.07) is 9.58. The van der Waals surface area contributed by atoms with Crippen molar-refractivity contribution in [3.05, 3.63) is 71.8 Å². The average molecular weight is 1690 g/mol. The number of likely N-dealkylation sites (tertiary alicyclic amines) is 3. The third-order valence-electron chi connectivity index (χ3n) is 22.2. The molecule has 3 heterocycles. The fourth-order valence-electron chi connectivity index (χ4n) is 14.1. The van der Waals surface area contributed by atoms with Gasteiger partial charge in [0.2, 0.25) is 100 Å². The number of nitrogens with one attached hydrogen (secondary N) is 13. The molecule has 37 nitrogen and oxygen atoms in total. The van der Waals surface area contributed by atoms with E-state index in [1.54, 1.807) is 65.0 Å². The standard InChI is InChI=1S/C83H129N17O20/c1-20-81(17,97-70(115)78(11,12)95-69(114)77(9,10)94-68(113)76(7,8)90-63(108)56(86-48(6)102)40-50-32-27-24-28-33-50)71(116)85-43-61(106)88-55(38-47(4)5)64(109)92-82(18,21-2)72(117)96-80(15,16)74(119)99-44-52(103)41-58(99)66(111)89-54(35-36-60(84)105)62(107)93-83(19,22-3)75(120)100-45-53(104)42-59(100)67(112)91-79(13,14)73(118)98-37-29-34-57(98)65(110)87-51(46-101)39-49-30-25-23-26-31-49/h23-28,30-33,47,51-59,101,103-104H,20-22,29,34-46H2,1-19H3,(H2,84,105)(H,85,116)(H,86,102)(H,87,110)(H,88,106)(H,89,111)(H,90,108)(H,91,112)(H,92,109)(H,93,107)(H,94,113)(H,95,114)(H,96,117)(H,97,115)/t51?,52?,53?,54-,55-,56-,57-,58-,59-,81-,82-,83-/m0/s1. The molecule has 0 radical (unpaired) electrons. The van der Waals surface area contributed by atoms with Crippen LogP contribution in [0.5, 0.6) is 0 Å². The van der Waals surface area contributed by atoms with Gasteiger partial charge in [0.05, 0.1) is 31.4 Å². The van der Waals surface area contributed by atoms with Crippen molar-refractivity contribution < 1.29 is 96.8 Å². The molecule has 37 heteroatoms. The highest BCUT2D eigenvalue weighted by Crippen LogP contribution is 2.30. The van der Waals surface area contributed by atoms with Crippen molar-refractivity contribution in [2.75, 3.05) is 32.8 Å². The SMILES string of the molecule is CC[C@](C)(NC(=O)[C@H](CC(C)C)NC(=O)CNC(=O)[C@](C)(CC)NC(=O)C(C)(C)NC(=O)C(C)(C)NC(=O)C(C)(C)NC(=O)[C@H](Cc1ccccc1)NC(C)=O)C(=O)NC(C)(C)C(=O)N1CC(O)C[C@H]1C(=O)N[C@@H](CCC(N)=O)C(=O)N[C@@](C)(CC)C(=O)N1CC(O)C[C@H]1C(=O)NC(C)(C)C(=O)N1CCC[C@H]1C(=O)NC(CO)Cc1ccccc1. The molecule has 3 fully saturated rings. The molecule has 17 amide bonds. The number of nitrogens with zero attached hydrogens (tertiary/aromatic N) is 3. The summed E-state index contributed by atoms with van der Waals surface area (Å²) >= 11 is 0. The Morgan fingerprint density at radius 2 is 0.892 bits per heavy atom. The minimum Gasteiger partial charge on any atom is -0.394 e. The number of carbonyl (C=O) groups excluding carboxylic acids is 17. The van der Waals surface area contributed by atoms with E-state index in [4.69, 9.17) is 5.73 Å². The molecule has 3 saturated heterocycles. The summed E-state index contributed by atoms with van der Waals surface area (Å²) in [5.41, 5.74) is -6.95. The number of rotatable bonds is 41. The van der Waals surface area contributed by atoms with Gasteiger partial charge in [0.25, 0.3) is 0 Å². The van der Waals surface area contributed by atoms with E-state index in [0.29, 0.717) is 19.3 Å². The van der Waals surface area contributed by atoms with Gasteiger partial charge in [-0.25, -0.2) is 0 Å². The van der Waals surface area contributed by atoms with Gasteiger partial charge in [0.1, 0.15) is 80.6 Å². The van der Waals surface area contributed by atoms with Crippen LogP contribution in [0.25, 0.3) is 0 Å². The van der Waals surface area contributed by atoms with Crippen molar-refractivity contribution >= 4 is 100 Å². The third kappa shape index (κ3) is 26.9. The van der Waals surface area contributed by atoms with Gasteiger partial charge in [-0.3, -0.25) is 81.5 Å². The van der Waals surface area contributed by atoms with Gasteiger partial charge in [-0.05, 0) is 158 Å². The molecule has 0 saturated carbocycles. The number of amides is 17. The van der Waals surface area contributed by atoms with Gasteiger partial charge < -0.3 is 105 Å². The molecule has 3 aliphatic rings. The minimum absolute atomic E-state index is 0.0120. The monoisotopic (exact) mass is 1680 g/mol. The largest absolute Gasteiger partial charge is 0.394 e. The predicted molar refractivity (Wildman–Crippen MR) is 440 cm³/mol. The summed E-state index contributed by atoms with van der Waals surface area (Å²) in [4.78, 5) is 240. The van der Waals surface area contributed by atoms with Crippen molar-refractivity contribution in [3.63, 3.8) is 0 Å². The molecule has 666 valence electrons. The number of primary amides is 1. The number of aliphatic hydroxyl groups is 3. The lowest BCUT2D eigenvalue weighted by atomic mass is 9.93. The second-order valence-corrected chi connectivity index (χ2v) is 35.4. The summed E-state index contributed by atoms with van der Waals surface area (Å²) in [6.45, 7) is 25.5. The zero-order chi connectivity index (χ0) is 90.8. The first-order chi connectivity index (χ1) is 55.5. The molecule has 0 aliphatic carbocycles. The average Bonchev–Trinajstić information content (AvgIpc) is 1.62. The molecule has 3 unspecified atom stereocenters. The molecule has 18 N–H and O–H groups in total. The van der Waals surface area contributed by atoms with Crippen LogP contribution in [0.1, 0.15) is 207 Å². The van der Waals surface area contributed by atoms with Crippen LogP contribution < -0.4 is 74.9 Å². The lowest BCUT2D eigenvalue weighted by molar-refractivity contribution is -0.149. The van der Waals surface area contributed by atoms with E-state index in [9.17, 15) is 96.8 Å². The smallest absolute Gasteiger partial charge is 0.248 e. The number of hydrogen-bond donors (Lipinski definition) is 17. The first-order valence-electron chi connectivity index (χ1n) is 40.9. The minimum atomic E-state index is -1.91. The van der Waals surface area contributed by atoms with E-state index in [-0.39, 0.29) is 70.6 Å². The van der Waals surface area contributed by atoms with E-state index < -0.39 is 225 Å². The molecule has 0 bridgehead atoms. The van der Waals surface area contributed by atoms with Crippen molar-refractivity contribution in [1.82, 2.24) is 83.8 Å². The van der Waals surface area contributed by atoms with Gasteiger partial charge in [-0.2, -0.15) is 0 Å². The molecule has 2 aromatic carbocycles. The highest BCUT2D eigenvalue weighted by Gasteiger charge is 2.52. The van der Waals surface area contributed by atoms with Crippen LogP contribution in [-0.4, -0.2) is 262 Å². The van der Waals surface area contributed by atoms with Crippen molar-refractivity contribution in [2.45, 2.75) is 307 Å². The Morgan fingerprint density at radius 3 is 1.39 bits per heavy atom. The second-order valence-electron chi connectivity index (χ2n) is 35.4. The van der Waals surface area contributed by atoms with Gasteiger partial charge >= 0.3 is 0 Å². The highest BCUT2D eigenvalue weighted by atomic mass is 16.3. The van der Waals surface area contributed by atoms with Gasteiger partial charge in [-0.15, -0.1) is 0 Å². The Hall–Kier alpha value is -10.7. The van der Waals surface area contributed by atoms with Crippen LogP contribution in [0.2, 0.25) is 0 Å². The Labute approximate surface area is 701 Å². The Balaban J connectivity index is 1.20. The molecule has 0 aromatic heterocycles. The van der Waals surface area contributed by atoms with Crippen LogP contribution in [-0.2, 0) is 94.3 Å². The van der Waals surface area contributed by atoms with Crippen LogP contribution in [0.4, 0.5) is 0 Å². The van der Waals surface area contributed by atoms with E-state index in [1.807, 2.05) is 30.3 Å². The van der Waals surface area contributed by atoms with Gasteiger partial charge in [0.15, 0.2) is 0 Å². The Morgan fingerprint density at radius 1 is 0.458 bits per heavy atom. The number of aliphatic hydroxyl groups excluding tert-OH is 3. The van der Waals surface area contributed by atoms with Gasteiger partial charge in [-0.1, -0.05) is 95.3 Å². The van der Waals surface area contributed by atoms with E-state index in [2.05, 4.69) is 69.1 Å². The van der Waals surface area contributed by atoms with Crippen LogP contribution in [0, 0.1) is 5.92 Å². The molecule has 12 atom stereocenters. The number of benzene rings is 2. The van der Waals surface area contributed by atoms with Crippen molar-refractivity contribution in [3.8, 4) is 0 Å². The number of carbonyl (C=O) groups is 17. The summed E-state index contributed by atoms with van der Waals surface area (Å²) in [7, 11) is 0. The third-order valence-corrected chi connectivity index (χ3v) is 22.2. The maximum absolute atomic E-state index is 14.8. The fraction of sp³-hybridized carbons (Fsp3) is 0.651. The first-order valence-corrected chi connectivity index (χ1v) is 40.9. The normalized spacial score (nSPS) is 19.5. The highest BCUT2D eigenvalue weighted by molar-refractivity contribution is 6.04. The first kappa shape index (κ1) is 99.9. The van der Waals surface area contributed by atoms with E-state index >= 15 is 0 Å². The fourth-order valence-corrected chi connectivity index (χ4v) is 14.1. The summed E-state index contributed by atoms with van der Waals surface area (Å²) < 4.78 is 0. The zero-order valence-corrected chi connectivity index (χ0v) is 72.8. The number of hydrogen-bond acceptors (Lipinski definition) is 20. The second kappa shape index (κ2) is 41.5. The lowest BCUT2D eigenvalue weighted by Crippen LogP contribution is -2.68. The molecular weight excluding hydrogens is 1560 g/mol. The Bertz CT molecular complexity index is 4100. The number of β-amino-alcohol motifs (C(OH)–C–C–N with tert-alkyl or cyclic N) is 2. The van der Waals surface area contributed by atoms with Crippen molar-refractivity contribution in [2.24, 2.45) is 11.7 Å². The van der Waals surface area contributed by atoms with Crippen LogP contribution >= 0.6 is 0 Å². The topological polar surface area (TPSA) is 543 Å². The molecule has 120 heavy (non-hydrogen) atoms. The molecule has 3 aliphatic heterocycles. The molecule has 5 rings (SSSR count). The summed E-state index contributed by atoms with van der Waals surface area (Å²) in [5, 5.41) is 66.5. The van der Waals surface area contributed by atoms with Crippen LogP contribution in [0.3, 0.4) is 0 Å². The van der Waals surface area contributed by atoms with E-state index in [0.717, 1.165) is 20.9 Å². The Kier molecular flexibility index (Phi) is 34.6. The molecule has 0 spiro atoms. The maximum Gasteiger partial charge on any atom is 0.248 e. The van der Waals surface area contributed by atoms with E-state index in [1.165, 1.54) is 102 Å². The summed E-state index contributed by atoms with van der Waals surface area (Å²) in [5.74, 6) is -13.9.